The normalized spacial score (nSPS) is 9.44. The highest BCUT2D eigenvalue weighted by atomic mass is 19.1. The van der Waals surface area contributed by atoms with E-state index in [1.165, 1.54) is 0 Å². The Morgan fingerprint density at radius 1 is 1.67 bits per heavy atom. The minimum atomic E-state index is -0.320. The predicted octanol–water partition coefficient (Wildman–Crippen LogP) is 1.39. The topological polar surface area (TPSA) is 12.9 Å². The molecule has 47 valence electrons. The fraction of sp³-hybridized carbons (Fsp3) is 0.286. The van der Waals surface area contributed by atoms with Gasteiger partial charge >= 0.3 is 0 Å². The van der Waals surface area contributed by atoms with Gasteiger partial charge in [0.05, 0.1) is 6.67 Å². The summed E-state index contributed by atoms with van der Waals surface area (Å²) < 4.78 is 11.6. The molecule has 1 radical (unpaired) electrons. The van der Waals surface area contributed by atoms with Crippen molar-refractivity contribution in [2.75, 3.05) is 6.67 Å². The maximum atomic E-state index is 11.6. The van der Waals surface area contributed by atoms with Crippen molar-refractivity contribution >= 4 is 0 Å². The molecule has 0 atom stereocenters. The molecule has 0 N–H and O–H groups in total. The molecule has 1 rings (SSSR count). The van der Waals surface area contributed by atoms with Crippen LogP contribution in [0.1, 0.15) is 5.56 Å². The van der Waals surface area contributed by atoms with Crippen LogP contribution in [0.3, 0.4) is 0 Å². The van der Waals surface area contributed by atoms with Gasteiger partial charge in [0.25, 0.3) is 0 Å². The first-order valence-corrected chi connectivity index (χ1v) is 2.79. The van der Waals surface area contributed by atoms with Crippen molar-refractivity contribution in [3.8, 4) is 0 Å². The molecule has 9 heavy (non-hydrogen) atoms. The second-order valence-corrected chi connectivity index (χ2v) is 1.73. The van der Waals surface area contributed by atoms with E-state index in [0.29, 0.717) is 6.42 Å². The Morgan fingerprint density at radius 3 is 3.11 bits per heavy atom. The Labute approximate surface area is 53.5 Å². The molecule has 1 nitrogen and oxygen atoms in total. The number of hydrogen-bond donors (Lipinski definition) is 0. The zero-order chi connectivity index (χ0) is 6.53. The molecule has 0 aliphatic rings. The van der Waals surface area contributed by atoms with Gasteiger partial charge in [0.1, 0.15) is 0 Å². The first-order valence-electron chi connectivity index (χ1n) is 2.79. The highest BCUT2D eigenvalue weighted by molar-refractivity contribution is 5.07. The summed E-state index contributed by atoms with van der Waals surface area (Å²) in [5.41, 5.74) is 0.903. The fourth-order valence-corrected chi connectivity index (χ4v) is 0.603. The molecule has 0 amide bonds. The first kappa shape index (κ1) is 6.20. The van der Waals surface area contributed by atoms with Gasteiger partial charge < -0.3 is 0 Å². The molecule has 0 fully saturated rings. The zero-order valence-corrected chi connectivity index (χ0v) is 4.97. The van der Waals surface area contributed by atoms with E-state index in [-0.39, 0.29) is 6.67 Å². The van der Waals surface area contributed by atoms with Crippen LogP contribution in [0.25, 0.3) is 0 Å². The van der Waals surface area contributed by atoms with Crippen LogP contribution in [0.5, 0.6) is 0 Å². The molecule has 1 aromatic rings. The van der Waals surface area contributed by atoms with Gasteiger partial charge in [-0.2, -0.15) is 0 Å². The van der Waals surface area contributed by atoms with Gasteiger partial charge in [0, 0.05) is 24.9 Å². The van der Waals surface area contributed by atoms with Crippen molar-refractivity contribution in [1.29, 1.82) is 0 Å². The van der Waals surface area contributed by atoms with Crippen molar-refractivity contribution in [1.82, 2.24) is 4.98 Å². The number of hydrogen-bond acceptors (Lipinski definition) is 1. The molecule has 0 aliphatic heterocycles. The van der Waals surface area contributed by atoms with Gasteiger partial charge in [-0.05, 0) is 11.6 Å². The van der Waals surface area contributed by atoms with Crippen molar-refractivity contribution < 1.29 is 4.39 Å². The summed E-state index contributed by atoms with van der Waals surface area (Å²) in [5, 5.41) is 0. The first-order chi connectivity index (χ1) is 4.43. The number of aryl methyl sites for hydroxylation is 1. The van der Waals surface area contributed by atoms with Crippen LogP contribution in [0.15, 0.2) is 18.5 Å². The third kappa shape index (κ3) is 1.80. The second-order valence-electron chi connectivity index (χ2n) is 1.73. The van der Waals surface area contributed by atoms with Crippen molar-refractivity contribution in [3.63, 3.8) is 0 Å². The highest BCUT2D eigenvalue weighted by Gasteiger charge is 1.87. The summed E-state index contributed by atoms with van der Waals surface area (Å²) in [6.07, 6.45) is 3.65. The Hall–Kier alpha value is -0.920. The average Bonchev–Trinajstić information content (AvgIpc) is 1.91. The van der Waals surface area contributed by atoms with Gasteiger partial charge in [0.15, 0.2) is 0 Å². The van der Waals surface area contributed by atoms with E-state index in [2.05, 4.69) is 11.1 Å². The van der Waals surface area contributed by atoms with E-state index in [9.17, 15) is 4.39 Å². The molecule has 0 saturated carbocycles. The molecule has 0 saturated heterocycles. The van der Waals surface area contributed by atoms with Crippen LogP contribution >= 0.6 is 0 Å². The van der Waals surface area contributed by atoms with Crippen LogP contribution in [-0.4, -0.2) is 11.7 Å². The maximum absolute atomic E-state index is 11.6. The lowest BCUT2D eigenvalue weighted by molar-refractivity contribution is 0.495. The van der Waals surface area contributed by atoms with Crippen LogP contribution in [0.4, 0.5) is 4.39 Å². The van der Waals surface area contributed by atoms with Crippen LogP contribution in [-0.2, 0) is 6.42 Å². The van der Waals surface area contributed by atoms with Gasteiger partial charge in [-0.15, -0.1) is 0 Å². The number of alkyl halides is 1. The van der Waals surface area contributed by atoms with Crippen LogP contribution < -0.4 is 0 Å². The lowest BCUT2D eigenvalue weighted by atomic mass is 10.2. The monoisotopic (exact) mass is 124 g/mol. The summed E-state index contributed by atoms with van der Waals surface area (Å²) in [4.78, 5) is 3.78. The predicted molar refractivity (Wildman–Crippen MR) is 32.8 cm³/mol. The number of rotatable bonds is 2. The molecule has 0 bridgehead atoms. The standard InChI is InChI=1S/C7H7FN/c8-4-3-7-2-1-5-9-6-7/h2,5-6H,3-4H2. The van der Waals surface area contributed by atoms with E-state index in [1.54, 1.807) is 18.5 Å². The van der Waals surface area contributed by atoms with Crippen LogP contribution in [0, 0.1) is 6.07 Å². The van der Waals surface area contributed by atoms with E-state index >= 15 is 0 Å². The fourth-order valence-electron chi connectivity index (χ4n) is 0.603. The molecule has 1 aromatic heterocycles. The molecular weight excluding hydrogens is 117 g/mol. The SMILES string of the molecule is FCCc1c[c]cnc1. The molecule has 0 unspecified atom stereocenters. The van der Waals surface area contributed by atoms with Crippen molar-refractivity contribution in [2.45, 2.75) is 6.42 Å². The summed E-state index contributed by atoms with van der Waals surface area (Å²) in [6.45, 7) is -0.320. The quantitative estimate of drug-likeness (QED) is 0.580. The number of aromatic nitrogens is 1. The molecule has 0 spiro atoms. The highest BCUT2D eigenvalue weighted by Crippen LogP contribution is 1.95. The van der Waals surface area contributed by atoms with Gasteiger partial charge in [-0.3, -0.25) is 9.37 Å². The zero-order valence-electron chi connectivity index (χ0n) is 4.97. The smallest absolute Gasteiger partial charge is 0.0935 e. The Morgan fingerprint density at radius 2 is 2.56 bits per heavy atom. The molecule has 0 aromatic carbocycles. The summed E-state index contributed by atoms with van der Waals surface area (Å²) in [7, 11) is 0. The molecular formula is C7H7FN. The van der Waals surface area contributed by atoms with Gasteiger partial charge in [0.2, 0.25) is 0 Å². The van der Waals surface area contributed by atoms with E-state index in [1.807, 2.05) is 0 Å². The number of pyridine rings is 1. The second kappa shape index (κ2) is 3.17. The Bertz CT molecular complexity index is 162. The molecule has 0 aliphatic carbocycles. The Kier molecular flexibility index (Phi) is 2.19. The van der Waals surface area contributed by atoms with Gasteiger partial charge in [-0.1, -0.05) is 0 Å². The van der Waals surface area contributed by atoms with E-state index in [4.69, 9.17) is 0 Å². The Balaban J connectivity index is 2.61. The van der Waals surface area contributed by atoms with E-state index < -0.39 is 0 Å². The van der Waals surface area contributed by atoms with Crippen LogP contribution in [0.2, 0.25) is 0 Å². The lowest BCUT2D eigenvalue weighted by Crippen LogP contribution is -1.85. The molecule has 1 heterocycles. The minimum Gasteiger partial charge on any atom is -0.264 e. The summed E-state index contributed by atoms with van der Waals surface area (Å²) in [6, 6.07) is 4.51. The number of nitrogens with zero attached hydrogens (tertiary/aromatic N) is 1. The third-order valence-corrected chi connectivity index (χ3v) is 1.04. The lowest BCUT2D eigenvalue weighted by Gasteiger charge is -1.91. The number of halogens is 1. The van der Waals surface area contributed by atoms with Crippen molar-refractivity contribution in [2.24, 2.45) is 0 Å². The average molecular weight is 124 g/mol. The van der Waals surface area contributed by atoms with E-state index in [0.717, 1.165) is 5.56 Å². The summed E-state index contributed by atoms with van der Waals surface area (Å²) in [5.74, 6) is 0. The minimum absolute atomic E-state index is 0.320. The van der Waals surface area contributed by atoms with Crippen molar-refractivity contribution in [3.05, 3.63) is 30.1 Å². The maximum Gasteiger partial charge on any atom is 0.0935 e. The molecule has 2 heteroatoms. The third-order valence-electron chi connectivity index (χ3n) is 1.04. The largest absolute Gasteiger partial charge is 0.264 e. The van der Waals surface area contributed by atoms with Gasteiger partial charge in [-0.25, -0.2) is 0 Å². The summed E-state index contributed by atoms with van der Waals surface area (Å²) >= 11 is 0.